The zero-order valence-electron chi connectivity index (χ0n) is 13.9. The molecule has 3 rings (SSSR count). The number of hydrogen-bond donors (Lipinski definition) is 1. The normalized spacial score (nSPS) is 15.6. The van der Waals surface area contributed by atoms with E-state index in [2.05, 4.69) is 5.32 Å². The predicted molar refractivity (Wildman–Crippen MR) is 98.4 cm³/mol. The van der Waals surface area contributed by atoms with Crippen molar-refractivity contribution in [3.05, 3.63) is 58.9 Å². The Hall–Kier alpha value is -1.96. The first-order chi connectivity index (χ1) is 12.4. The zero-order valence-corrected chi connectivity index (χ0v) is 15.5. The average molecular weight is 397 g/mol. The summed E-state index contributed by atoms with van der Waals surface area (Å²) in [6, 6.07) is 9.56. The van der Waals surface area contributed by atoms with Crippen molar-refractivity contribution in [2.45, 2.75) is 24.2 Å². The lowest BCUT2D eigenvalue weighted by Gasteiger charge is -2.26. The first kappa shape index (κ1) is 18.8. The largest absolute Gasteiger partial charge is 0.319 e. The highest BCUT2D eigenvalue weighted by atomic mass is 35.5. The van der Waals surface area contributed by atoms with Gasteiger partial charge in [0.25, 0.3) is 5.91 Å². The highest BCUT2D eigenvalue weighted by molar-refractivity contribution is 7.89. The zero-order chi connectivity index (χ0) is 18.7. The highest BCUT2D eigenvalue weighted by Gasteiger charge is 2.26. The summed E-state index contributed by atoms with van der Waals surface area (Å²) < 4.78 is 40.7. The fraction of sp³-hybridized carbons (Fsp3) is 0.278. The lowest BCUT2D eigenvalue weighted by atomic mass is 10.2. The van der Waals surface area contributed by atoms with Gasteiger partial charge in [0.05, 0.1) is 10.6 Å². The molecule has 8 heteroatoms. The smallest absolute Gasteiger partial charge is 0.255 e. The average Bonchev–Trinajstić information content (AvgIpc) is 2.65. The van der Waals surface area contributed by atoms with E-state index >= 15 is 0 Å². The van der Waals surface area contributed by atoms with Gasteiger partial charge in [-0.3, -0.25) is 4.79 Å². The molecule has 1 amide bonds. The number of anilines is 1. The van der Waals surface area contributed by atoms with Gasteiger partial charge in [0.1, 0.15) is 5.82 Å². The molecule has 1 aliphatic heterocycles. The Bertz CT molecular complexity index is 928. The van der Waals surface area contributed by atoms with E-state index in [0.29, 0.717) is 13.1 Å². The SMILES string of the molecule is O=C(Nc1cc(Cl)ccc1F)c1cccc(S(=O)(=O)N2CCCCC2)c1. The van der Waals surface area contributed by atoms with Crippen molar-refractivity contribution in [2.24, 2.45) is 0 Å². The van der Waals surface area contributed by atoms with E-state index in [1.54, 1.807) is 0 Å². The fourth-order valence-corrected chi connectivity index (χ4v) is 4.58. The highest BCUT2D eigenvalue weighted by Crippen LogP contribution is 2.23. The lowest BCUT2D eigenvalue weighted by molar-refractivity contribution is 0.102. The van der Waals surface area contributed by atoms with Crippen LogP contribution in [-0.2, 0) is 10.0 Å². The first-order valence-corrected chi connectivity index (χ1v) is 10.1. The van der Waals surface area contributed by atoms with E-state index in [4.69, 9.17) is 11.6 Å². The second kappa shape index (κ2) is 7.73. The molecule has 0 atom stereocenters. The van der Waals surface area contributed by atoms with Crippen LogP contribution in [-0.4, -0.2) is 31.7 Å². The molecule has 2 aromatic rings. The predicted octanol–water partition coefficient (Wildman–Crippen LogP) is 3.91. The van der Waals surface area contributed by atoms with Crippen LogP contribution < -0.4 is 5.32 Å². The molecule has 0 radical (unpaired) electrons. The van der Waals surface area contributed by atoms with Crippen molar-refractivity contribution in [3.63, 3.8) is 0 Å². The summed E-state index contributed by atoms with van der Waals surface area (Å²) in [6.45, 7) is 0.957. The number of halogens is 2. The van der Waals surface area contributed by atoms with E-state index in [1.165, 1.54) is 40.7 Å². The number of sulfonamides is 1. The molecule has 0 bridgehead atoms. The van der Waals surface area contributed by atoms with Crippen molar-refractivity contribution in [3.8, 4) is 0 Å². The monoisotopic (exact) mass is 396 g/mol. The number of nitrogens with zero attached hydrogens (tertiary/aromatic N) is 1. The second-order valence-electron chi connectivity index (χ2n) is 6.07. The number of piperidine rings is 1. The van der Waals surface area contributed by atoms with Crippen LogP contribution in [0.1, 0.15) is 29.6 Å². The fourth-order valence-electron chi connectivity index (χ4n) is 2.84. The summed E-state index contributed by atoms with van der Waals surface area (Å²) in [6.07, 6.45) is 2.67. The van der Waals surface area contributed by atoms with Gasteiger partial charge >= 0.3 is 0 Å². The summed E-state index contributed by atoms with van der Waals surface area (Å²) >= 11 is 5.81. The molecule has 5 nitrogen and oxygen atoms in total. The topological polar surface area (TPSA) is 66.5 Å². The van der Waals surface area contributed by atoms with Crippen molar-refractivity contribution in [1.29, 1.82) is 0 Å². The van der Waals surface area contributed by atoms with E-state index in [9.17, 15) is 17.6 Å². The van der Waals surface area contributed by atoms with Crippen LogP contribution in [0.25, 0.3) is 0 Å². The van der Waals surface area contributed by atoms with Gasteiger partial charge in [0.2, 0.25) is 10.0 Å². The first-order valence-electron chi connectivity index (χ1n) is 8.24. The Kier molecular flexibility index (Phi) is 5.60. The molecule has 1 saturated heterocycles. The van der Waals surface area contributed by atoms with E-state index in [0.717, 1.165) is 25.3 Å². The molecule has 138 valence electrons. The number of carbonyl (C=O) groups is 1. The molecule has 0 spiro atoms. The van der Waals surface area contributed by atoms with Crippen LogP contribution >= 0.6 is 11.6 Å². The molecule has 0 aromatic heterocycles. The number of benzene rings is 2. The molecule has 1 heterocycles. The van der Waals surface area contributed by atoms with Gasteiger partial charge < -0.3 is 5.32 Å². The Balaban J connectivity index is 1.84. The minimum atomic E-state index is -3.65. The van der Waals surface area contributed by atoms with Crippen molar-refractivity contribution >= 4 is 33.2 Å². The minimum absolute atomic E-state index is 0.0543. The lowest BCUT2D eigenvalue weighted by Crippen LogP contribution is -2.35. The Morgan fingerprint density at radius 2 is 1.81 bits per heavy atom. The minimum Gasteiger partial charge on any atom is -0.319 e. The number of hydrogen-bond acceptors (Lipinski definition) is 3. The summed E-state index contributed by atoms with van der Waals surface area (Å²) in [5.41, 5.74) is 0.0641. The Morgan fingerprint density at radius 1 is 1.08 bits per heavy atom. The molecule has 2 aromatic carbocycles. The van der Waals surface area contributed by atoms with Crippen molar-refractivity contribution in [2.75, 3.05) is 18.4 Å². The van der Waals surface area contributed by atoms with Crippen molar-refractivity contribution in [1.82, 2.24) is 4.31 Å². The second-order valence-corrected chi connectivity index (χ2v) is 8.45. The van der Waals surface area contributed by atoms with Gasteiger partial charge in [-0.15, -0.1) is 0 Å². The van der Waals surface area contributed by atoms with Crippen LogP contribution in [0, 0.1) is 5.82 Å². The van der Waals surface area contributed by atoms with Crippen LogP contribution in [0.5, 0.6) is 0 Å². The number of amides is 1. The standard InChI is InChI=1S/C18H18ClFN2O3S/c19-14-7-8-16(20)17(12-14)21-18(23)13-5-4-6-15(11-13)26(24,25)22-9-2-1-3-10-22/h4-8,11-12H,1-3,9-10H2,(H,21,23). The van der Waals surface area contributed by atoms with Gasteiger partial charge in [-0.1, -0.05) is 24.1 Å². The molecule has 1 fully saturated rings. The quantitative estimate of drug-likeness (QED) is 0.852. The third kappa shape index (κ3) is 4.06. The van der Waals surface area contributed by atoms with Gasteiger partial charge in [-0.25, -0.2) is 12.8 Å². The van der Waals surface area contributed by atoms with Crippen LogP contribution in [0.4, 0.5) is 10.1 Å². The maximum Gasteiger partial charge on any atom is 0.255 e. The maximum absolute atomic E-state index is 13.8. The third-order valence-corrected chi connectivity index (χ3v) is 6.36. The summed E-state index contributed by atoms with van der Waals surface area (Å²) in [5, 5.41) is 2.70. The molecular weight excluding hydrogens is 379 g/mol. The van der Waals surface area contributed by atoms with Crippen LogP contribution in [0.2, 0.25) is 5.02 Å². The summed E-state index contributed by atoms with van der Waals surface area (Å²) in [7, 11) is -3.65. The molecule has 0 unspecified atom stereocenters. The summed E-state index contributed by atoms with van der Waals surface area (Å²) in [4.78, 5) is 12.5. The Morgan fingerprint density at radius 3 is 2.54 bits per heavy atom. The maximum atomic E-state index is 13.8. The van der Waals surface area contributed by atoms with Gasteiger partial charge in [-0.05, 0) is 49.2 Å². The molecule has 1 aliphatic rings. The van der Waals surface area contributed by atoms with E-state index in [-0.39, 0.29) is 21.2 Å². The molecule has 0 saturated carbocycles. The van der Waals surface area contributed by atoms with Crippen LogP contribution in [0.15, 0.2) is 47.4 Å². The van der Waals surface area contributed by atoms with Crippen LogP contribution in [0.3, 0.4) is 0 Å². The Labute approximate surface area is 156 Å². The molecular formula is C18H18ClFN2O3S. The number of carbonyl (C=O) groups excluding carboxylic acids is 1. The van der Waals surface area contributed by atoms with E-state index in [1.807, 2.05) is 0 Å². The number of rotatable bonds is 4. The number of nitrogens with one attached hydrogen (secondary N) is 1. The molecule has 26 heavy (non-hydrogen) atoms. The van der Waals surface area contributed by atoms with Crippen molar-refractivity contribution < 1.29 is 17.6 Å². The third-order valence-electron chi connectivity index (χ3n) is 4.23. The van der Waals surface area contributed by atoms with Gasteiger partial charge in [0.15, 0.2) is 0 Å². The summed E-state index contributed by atoms with van der Waals surface area (Å²) in [5.74, 6) is -1.23. The molecule has 0 aliphatic carbocycles. The van der Waals surface area contributed by atoms with Gasteiger partial charge in [0, 0.05) is 23.7 Å². The van der Waals surface area contributed by atoms with E-state index < -0.39 is 21.7 Å². The molecule has 1 N–H and O–H groups in total. The van der Waals surface area contributed by atoms with Gasteiger partial charge in [-0.2, -0.15) is 4.31 Å².